The van der Waals surface area contributed by atoms with Gasteiger partial charge in [0.2, 0.25) is 3.79 Å². The average Bonchev–Trinajstić information content (AvgIpc) is 3.07. The molecule has 0 bridgehead atoms. The molecule has 14 heteroatoms. The van der Waals surface area contributed by atoms with Crippen molar-refractivity contribution in [3.8, 4) is 0 Å². The highest BCUT2D eigenvalue weighted by Crippen LogP contribution is 2.30. The Labute approximate surface area is 298 Å². The maximum absolute atomic E-state index is 12.8. The molecule has 3 aromatic rings. The van der Waals surface area contributed by atoms with Gasteiger partial charge in [-0.3, -0.25) is 14.6 Å². The Hall–Kier alpha value is -3.28. The zero-order valence-corrected chi connectivity index (χ0v) is 31.3. The van der Waals surface area contributed by atoms with Crippen molar-refractivity contribution in [2.45, 2.75) is 91.0 Å². The average molecular weight is 736 g/mol. The van der Waals surface area contributed by atoms with Crippen molar-refractivity contribution in [1.82, 2.24) is 15.0 Å². The van der Waals surface area contributed by atoms with Crippen LogP contribution in [0.2, 0.25) is 0 Å². The SMILES string of the molecule is CC.CC.CCCCC(C)CC.CN=C(c1ccc(C(=O)Nc2cc(C(F)(F)F)ccn2)cc1)c1c(C)ncnc1N.O=CC(Cl)(Cl)Cl. The first-order chi connectivity index (χ1) is 22.6. The Balaban J connectivity index is 0. The van der Waals surface area contributed by atoms with Gasteiger partial charge in [0.05, 0.1) is 22.5 Å². The standard InChI is InChI=1S/C20H17F3N6O.C8H18.C2HCl3O.2C2H6/c1-11-16(18(24)28-10-27-11)17(25-2)12-3-5-13(6-4-12)19(30)29-15-9-14(7-8-26-15)20(21,22)23;1-4-6-7-8(3)5-2;3-2(4,5)1-6;2*1-2/h3-10H,1-2H3,(H2,24,27,28)(H,26,29,30);8H,4-7H2,1-3H3;1H;2*1-2H3. The molecule has 0 radical (unpaired) electrons. The number of anilines is 2. The van der Waals surface area contributed by atoms with Gasteiger partial charge in [-0.05, 0) is 37.1 Å². The largest absolute Gasteiger partial charge is 0.416 e. The van der Waals surface area contributed by atoms with Gasteiger partial charge in [-0.2, -0.15) is 13.2 Å². The summed E-state index contributed by atoms with van der Waals surface area (Å²) in [5.41, 5.74) is 7.77. The number of halogens is 6. The van der Waals surface area contributed by atoms with Gasteiger partial charge < -0.3 is 11.1 Å². The molecule has 0 spiro atoms. The second-order valence-electron chi connectivity index (χ2n) is 9.57. The third-order valence-corrected chi connectivity index (χ3v) is 6.42. The number of alkyl halides is 6. The summed E-state index contributed by atoms with van der Waals surface area (Å²) in [5.74, 6) is 0.442. The highest BCUT2D eigenvalue weighted by Gasteiger charge is 2.31. The highest BCUT2D eigenvalue weighted by molar-refractivity contribution is 6.74. The number of nitrogens with one attached hydrogen (secondary N) is 1. The van der Waals surface area contributed by atoms with E-state index in [0.717, 1.165) is 24.2 Å². The number of hydrogen-bond donors (Lipinski definition) is 2. The molecule has 2 aromatic heterocycles. The Morgan fingerprint density at radius 3 is 1.98 bits per heavy atom. The number of nitrogens with two attached hydrogens (primary N) is 1. The Bertz CT molecular complexity index is 1360. The normalized spacial score (nSPS) is 11.4. The number of carbonyl (C=O) groups is 2. The number of aldehydes is 1. The maximum atomic E-state index is 12.8. The number of nitrogens with zero attached hydrogens (tertiary/aromatic N) is 4. The molecular weight excluding hydrogens is 688 g/mol. The van der Waals surface area contributed by atoms with Crippen LogP contribution in [0.1, 0.15) is 107 Å². The van der Waals surface area contributed by atoms with Gasteiger partial charge in [0.25, 0.3) is 5.91 Å². The number of unbranched alkanes of at least 4 members (excludes halogenated alkanes) is 1. The zero-order valence-electron chi connectivity index (χ0n) is 29.1. The van der Waals surface area contributed by atoms with Crippen LogP contribution in [0.25, 0.3) is 0 Å². The lowest BCUT2D eigenvalue weighted by Gasteiger charge is -2.12. The number of nitrogen functional groups attached to an aromatic ring is 1. The minimum atomic E-state index is -4.53. The molecule has 1 aromatic carbocycles. The molecule has 1 atom stereocenters. The summed E-state index contributed by atoms with van der Waals surface area (Å²) in [5, 5.41) is 2.36. The molecule has 0 aliphatic heterocycles. The third kappa shape index (κ3) is 18.3. The lowest BCUT2D eigenvalue weighted by molar-refractivity contribution is -0.137. The van der Waals surface area contributed by atoms with E-state index in [2.05, 4.69) is 46.0 Å². The number of benzene rings is 1. The van der Waals surface area contributed by atoms with Crippen LogP contribution in [0.4, 0.5) is 24.8 Å². The molecule has 48 heavy (non-hydrogen) atoms. The summed E-state index contributed by atoms with van der Waals surface area (Å²) in [6.07, 6.45) is 3.59. The molecule has 8 nitrogen and oxygen atoms in total. The topological polar surface area (TPSA) is 123 Å². The van der Waals surface area contributed by atoms with E-state index in [1.54, 1.807) is 26.1 Å². The minimum absolute atomic E-state index is 0.195. The molecule has 3 N–H and O–H groups in total. The number of aryl methyl sites for hydroxylation is 1. The van der Waals surface area contributed by atoms with Crippen molar-refractivity contribution in [1.29, 1.82) is 0 Å². The number of amides is 1. The third-order valence-electron chi connectivity index (χ3n) is 6.16. The molecule has 1 amide bonds. The van der Waals surface area contributed by atoms with E-state index in [1.807, 2.05) is 27.7 Å². The van der Waals surface area contributed by atoms with Gasteiger partial charge in [-0.25, -0.2) is 15.0 Å². The molecule has 0 aliphatic carbocycles. The van der Waals surface area contributed by atoms with Crippen LogP contribution in [0.3, 0.4) is 0 Å². The van der Waals surface area contributed by atoms with Gasteiger partial charge in [-0.15, -0.1) is 0 Å². The fourth-order valence-electron chi connectivity index (χ4n) is 3.57. The molecule has 0 fully saturated rings. The molecule has 1 unspecified atom stereocenters. The number of hydrogen-bond acceptors (Lipinski definition) is 7. The second-order valence-corrected chi connectivity index (χ2v) is 11.9. The van der Waals surface area contributed by atoms with Gasteiger partial charge in [0.15, 0.2) is 6.29 Å². The lowest BCUT2D eigenvalue weighted by atomic mass is 10.00. The number of aromatic nitrogens is 3. The molecule has 0 aliphatic rings. The van der Waals surface area contributed by atoms with E-state index in [1.165, 1.54) is 44.1 Å². The molecule has 0 saturated heterocycles. The fraction of sp³-hybridized carbons (Fsp3) is 0.471. The van der Waals surface area contributed by atoms with Crippen LogP contribution >= 0.6 is 34.8 Å². The Morgan fingerprint density at radius 2 is 1.54 bits per heavy atom. The van der Waals surface area contributed by atoms with Crippen molar-refractivity contribution in [2.75, 3.05) is 18.1 Å². The molecule has 2 heterocycles. The first-order valence-corrected chi connectivity index (χ1v) is 16.7. The summed E-state index contributed by atoms with van der Waals surface area (Å²) in [4.78, 5) is 38.0. The van der Waals surface area contributed by atoms with Crippen molar-refractivity contribution >= 4 is 64.3 Å². The molecular formula is C34H48Cl3F3N6O2. The predicted molar refractivity (Wildman–Crippen MR) is 194 cm³/mol. The summed E-state index contributed by atoms with van der Waals surface area (Å²) < 4.78 is 36.7. The highest BCUT2D eigenvalue weighted by atomic mass is 35.6. The summed E-state index contributed by atoms with van der Waals surface area (Å²) in [6.45, 7) is 16.6. The monoisotopic (exact) mass is 734 g/mol. The van der Waals surface area contributed by atoms with Crippen LogP contribution in [0, 0.1) is 12.8 Å². The Kier molecular flexibility index (Phi) is 24.2. The first kappa shape index (κ1) is 46.8. The first-order valence-electron chi connectivity index (χ1n) is 15.6. The maximum Gasteiger partial charge on any atom is 0.416 e. The minimum Gasteiger partial charge on any atom is -0.383 e. The zero-order chi connectivity index (χ0) is 37.5. The number of rotatable bonds is 8. The van der Waals surface area contributed by atoms with Crippen molar-refractivity contribution in [2.24, 2.45) is 10.9 Å². The smallest absolute Gasteiger partial charge is 0.383 e. The number of aliphatic imine (C=N–C) groups is 1. The van der Waals surface area contributed by atoms with E-state index >= 15 is 0 Å². The van der Waals surface area contributed by atoms with E-state index in [9.17, 15) is 22.8 Å². The van der Waals surface area contributed by atoms with Crippen LogP contribution in [0.5, 0.6) is 0 Å². The van der Waals surface area contributed by atoms with Gasteiger partial charge in [0.1, 0.15) is 18.0 Å². The van der Waals surface area contributed by atoms with Crippen LogP contribution in [0.15, 0.2) is 53.9 Å². The van der Waals surface area contributed by atoms with Crippen molar-refractivity contribution in [3.05, 3.63) is 76.9 Å². The number of pyridine rings is 1. The van der Waals surface area contributed by atoms with E-state index in [4.69, 9.17) is 40.5 Å². The van der Waals surface area contributed by atoms with Crippen molar-refractivity contribution in [3.63, 3.8) is 0 Å². The Morgan fingerprint density at radius 1 is 1.00 bits per heavy atom. The predicted octanol–water partition coefficient (Wildman–Crippen LogP) is 10.3. The molecule has 3 rings (SSSR count). The van der Waals surface area contributed by atoms with E-state index in [0.29, 0.717) is 22.5 Å². The summed E-state index contributed by atoms with van der Waals surface area (Å²) in [6, 6.07) is 7.97. The van der Waals surface area contributed by atoms with E-state index in [-0.39, 0.29) is 23.5 Å². The van der Waals surface area contributed by atoms with Crippen molar-refractivity contribution < 1.29 is 22.8 Å². The van der Waals surface area contributed by atoms with Gasteiger partial charge in [0, 0.05) is 24.4 Å². The molecule has 268 valence electrons. The lowest BCUT2D eigenvalue weighted by Crippen LogP contribution is -2.15. The second kappa shape index (κ2) is 24.8. The van der Waals surface area contributed by atoms with Crippen LogP contribution in [-0.4, -0.2) is 43.7 Å². The summed E-state index contributed by atoms with van der Waals surface area (Å²) >= 11 is 14.6. The van der Waals surface area contributed by atoms with E-state index < -0.39 is 21.4 Å². The quantitative estimate of drug-likeness (QED) is 0.135. The van der Waals surface area contributed by atoms with Gasteiger partial charge in [-0.1, -0.05) is 121 Å². The fourth-order valence-corrected chi connectivity index (χ4v) is 3.57. The van der Waals surface area contributed by atoms with Crippen LogP contribution in [-0.2, 0) is 11.0 Å². The summed E-state index contributed by atoms with van der Waals surface area (Å²) in [7, 11) is 1.60. The molecule has 0 saturated carbocycles. The van der Waals surface area contributed by atoms with Crippen LogP contribution < -0.4 is 11.1 Å². The van der Waals surface area contributed by atoms with Gasteiger partial charge >= 0.3 is 6.18 Å². The number of carbonyl (C=O) groups excluding carboxylic acids is 2.